The van der Waals surface area contributed by atoms with Gasteiger partial charge in [0.2, 0.25) is 0 Å². The van der Waals surface area contributed by atoms with E-state index < -0.39 is 0 Å². The Labute approximate surface area is 173 Å². The van der Waals surface area contributed by atoms with Crippen LogP contribution in [-0.2, 0) is 13.6 Å². The van der Waals surface area contributed by atoms with Crippen LogP contribution in [0.5, 0.6) is 0 Å². The first-order valence-electron chi connectivity index (χ1n) is 9.94. The molecule has 0 saturated carbocycles. The summed E-state index contributed by atoms with van der Waals surface area (Å²) in [6.07, 6.45) is 11.6. The van der Waals surface area contributed by atoms with E-state index in [2.05, 4.69) is 40.1 Å². The number of imidazole rings is 1. The van der Waals surface area contributed by atoms with Gasteiger partial charge in [0.15, 0.2) is 11.5 Å². The molecule has 5 rings (SSSR count). The Morgan fingerprint density at radius 1 is 1.14 bits per heavy atom. The van der Waals surface area contributed by atoms with Crippen molar-refractivity contribution in [3.8, 4) is 11.3 Å². The first-order chi connectivity index (χ1) is 14.2. The molecule has 29 heavy (non-hydrogen) atoms. The molecular formula is C20H24N8S. The lowest BCUT2D eigenvalue weighted by Crippen LogP contribution is -2.29. The molecule has 0 radical (unpaired) electrons. The number of likely N-dealkylation sites (tertiary alicyclic amines) is 1. The topological polar surface area (TPSA) is 76.2 Å². The molecule has 8 nitrogen and oxygen atoms in total. The second kappa shape index (κ2) is 7.57. The van der Waals surface area contributed by atoms with Crippen molar-refractivity contribution < 1.29 is 0 Å². The van der Waals surface area contributed by atoms with Crippen LogP contribution in [0.15, 0.2) is 30.9 Å². The zero-order valence-corrected chi connectivity index (χ0v) is 17.5. The van der Waals surface area contributed by atoms with E-state index in [1.54, 1.807) is 4.68 Å². The van der Waals surface area contributed by atoms with Gasteiger partial charge >= 0.3 is 0 Å². The molecule has 1 saturated heterocycles. The van der Waals surface area contributed by atoms with Gasteiger partial charge in [-0.3, -0.25) is 14.0 Å². The summed E-state index contributed by atoms with van der Waals surface area (Å²) in [5, 5.41) is 8.70. The van der Waals surface area contributed by atoms with Crippen LogP contribution in [0.25, 0.3) is 16.9 Å². The lowest BCUT2D eigenvalue weighted by molar-refractivity contribution is 0.219. The van der Waals surface area contributed by atoms with Gasteiger partial charge in [0.05, 0.1) is 29.5 Å². The van der Waals surface area contributed by atoms with Crippen molar-refractivity contribution >= 4 is 28.0 Å². The van der Waals surface area contributed by atoms with E-state index in [1.807, 2.05) is 38.8 Å². The predicted molar refractivity (Wildman–Crippen MR) is 114 cm³/mol. The number of anilines is 2. The van der Waals surface area contributed by atoms with Gasteiger partial charge in [-0.1, -0.05) is 6.42 Å². The molecule has 0 amide bonds. The van der Waals surface area contributed by atoms with Crippen LogP contribution in [0.2, 0.25) is 0 Å². The number of aryl methyl sites for hydroxylation is 2. The van der Waals surface area contributed by atoms with Crippen molar-refractivity contribution in [3.63, 3.8) is 0 Å². The highest BCUT2D eigenvalue weighted by Crippen LogP contribution is 2.28. The Morgan fingerprint density at radius 3 is 2.79 bits per heavy atom. The first kappa shape index (κ1) is 18.3. The number of fused-ring (bicyclic) bond motifs is 1. The third-order valence-corrected chi connectivity index (χ3v) is 5.99. The molecule has 0 spiro atoms. The van der Waals surface area contributed by atoms with Gasteiger partial charge in [0.25, 0.3) is 0 Å². The highest BCUT2D eigenvalue weighted by molar-refractivity contribution is 7.10. The number of hydrogen-bond acceptors (Lipinski definition) is 7. The molecule has 4 aromatic rings. The van der Waals surface area contributed by atoms with Crippen LogP contribution >= 0.6 is 11.5 Å². The maximum atomic E-state index is 4.69. The number of nitrogens with zero attached hydrogens (tertiary/aromatic N) is 7. The summed E-state index contributed by atoms with van der Waals surface area (Å²) in [7, 11) is 1.91. The minimum absolute atomic E-state index is 0.744. The predicted octanol–water partition coefficient (Wildman–Crippen LogP) is 3.62. The molecule has 0 atom stereocenters. The molecule has 9 heteroatoms. The van der Waals surface area contributed by atoms with E-state index in [0.717, 1.165) is 45.7 Å². The highest BCUT2D eigenvalue weighted by Gasteiger charge is 2.15. The molecule has 1 fully saturated rings. The maximum absolute atomic E-state index is 4.69. The molecule has 4 aromatic heterocycles. The van der Waals surface area contributed by atoms with Gasteiger partial charge in [0.1, 0.15) is 5.00 Å². The van der Waals surface area contributed by atoms with Crippen molar-refractivity contribution in [1.29, 1.82) is 0 Å². The molecule has 1 aliphatic heterocycles. The largest absolute Gasteiger partial charge is 0.328 e. The summed E-state index contributed by atoms with van der Waals surface area (Å²) in [5.41, 5.74) is 4.85. The Bertz CT molecular complexity index is 1130. The van der Waals surface area contributed by atoms with E-state index in [9.17, 15) is 0 Å². The monoisotopic (exact) mass is 408 g/mol. The SMILES string of the molecule is Cc1cn2c(-c3cnn(C)c3)cnc2c(Nc2cc(CN3CCCCC3)ns2)n1. The number of hydrogen-bond donors (Lipinski definition) is 1. The summed E-state index contributed by atoms with van der Waals surface area (Å²) in [6, 6.07) is 2.13. The summed E-state index contributed by atoms with van der Waals surface area (Å²) < 4.78 is 8.50. The quantitative estimate of drug-likeness (QED) is 0.543. The Kier molecular flexibility index (Phi) is 4.76. The van der Waals surface area contributed by atoms with Gasteiger partial charge in [-0.25, -0.2) is 9.97 Å². The molecule has 0 bridgehead atoms. The lowest BCUT2D eigenvalue weighted by Gasteiger charge is -2.25. The van der Waals surface area contributed by atoms with Crippen molar-refractivity contribution in [2.45, 2.75) is 32.7 Å². The normalized spacial score (nSPS) is 15.2. The van der Waals surface area contributed by atoms with Crippen molar-refractivity contribution in [3.05, 3.63) is 42.2 Å². The zero-order chi connectivity index (χ0) is 19.8. The van der Waals surface area contributed by atoms with E-state index >= 15 is 0 Å². The summed E-state index contributed by atoms with van der Waals surface area (Å²) in [4.78, 5) is 11.8. The fraction of sp³-hybridized carbons (Fsp3) is 0.400. The highest BCUT2D eigenvalue weighted by atomic mass is 32.1. The maximum Gasteiger partial charge on any atom is 0.180 e. The molecule has 1 N–H and O–H groups in total. The second-order valence-corrected chi connectivity index (χ2v) is 8.42. The van der Waals surface area contributed by atoms with Crippen molar-refractivity contribution in [1.82, 2.24) is 33.4 Å². The average molecular weight is 409 g/mol. The third kappa shape index (κ3) is 3.75. The van der Waals surface area contributed by atoms with Crippen LogP contribution in [0.1, 0.15) is 30.7 Å². The average Bonchev–Trinajstić information content (AvgIpc) is 3.43. The van der Waals surface area contributed by atoms with E-state index in [0.29, 0.717) is 0 Å². The van der Waals surface area contributed by atoms with Crippen LogP contribution < -0.4 is 5.32 Å². The van der Waals surface area contributed by atoms with Crippen LogP contribution in [0, 0.1) is 6.92 Å². The second-order valence-electron chi connectivity index (χ2n) is 7.61. The molecular weight excluding hydrogens is 384 g/mol. The Morgan fingerprint density at radius 2 is 2.00 bits per heavy atom. The number of piperidine rings is 1. The summed E-state index contributed by atoms with van der Waals surface area (Å²) in [6.45, 7) is 5.26. The molecule has 0 aliphatic carbocycles. The standard InChI is InChI=1S/C20H24N8S/c1-14-11-28-17(15-9-22-26(2)12-15)10-21-20(28)19(23-14)24-18-8-16(25-29-18)13-27-6-4-3-5-7-27/h8-12H,3-7,13H2,1-2H3,(H,23,24). The smallest absolute Gasteiger partial charge is 0.180 e. The Balaban J connectivity index is 1.41. The minimum Gasteiger partial charge on any atom is -0.328 e. The molecule has 150 valence electrons. The molecule has 5 heterocycles. The van der Waals surface area contributed by atoms with Gasteiger partial charge in [-0.2, -0.15) is 9.47 Å². The van der Waals surface area contributed by atoms with Gasteiger partial charge < -0.3 is 5.32 Å². The fourth-order valence-electron chi connectivity index (χ4n) is 3.87. The molecule has 0 unspecified atom stereocenters. The molecule has 1 aliphatic rings. The van der Waals surface area contributed by atoms with Crippen LogP contribution in [0.3, 0.4) is 0 Å². The van der Waals surface area contributed by atoms with Crippen LogP contribution in [0.4, 0.5) is 10.8 Å². The van der Waals surface area contributed by atoms with Gasteiger partial charge in [0, 0.05) is 31.5 Å². The first-order valence-corrected chi connectivity index (χ1v) is 10.7. The summed E-state index contributed by atoms with van der Waals surface area (Å²) in [5.74, 6) is 0.744. The van der Waals surface area contributed by atoms with E-state index in [1.165, 1.54) is 43.9 Å². The van der Waals surface area contributed by atoms with Crippen LogP contribution in [-0.4, -0.2) is 46.5 Å². The fourth-order valence-corrected chi connectivity index (χ4v) is 4.53. The van der Waals surface area contributed by atoms with Crippen molar-refractivity contribution in [2.75, 3.05) is 18.4 Å². The molecule has 0 aromatic carbocycles. The van der Waals surface area contributed by atoms with Gasteiger partial charge in [-0.05, 0) is 50.5 Å². The number of rotatable bonds is 5. The van der Waals surface area contributed by atoms with Crippen molar-refractivity contribution in [2.24, 2.45) is 7.05 Å². The number of aromatic nitrogens is 6. The van der Waals surface area contributed by atoms with E-state index in [-0.39, 0.29) is 0 Å². The minimum atomic E-state index is 0.744. The van der Waals surface area contributed by atoms with E-state index in [4.69, 9.17) is 0 Å². The zero-order valence-electron chi connectivity index (χ0n) is 16.7. The summed E-state index contributed by atoms with van der Waals surface area (Å²) >= 11 is 1.48. The number of nitrogens with one attached hydrogen (secondary N) is 1. The van der Waals surface area contributed by atoms with Gasteiger partial charge in [-0.15, -0.1) is 0 Å². The Hall–Kier alpha value is -2.78. The lowest BCUT2D eigenvalue weighted by atomic mass is 10.1. The third-order valence-electron chi connectivity index (χ3n) is 5.25.